The van der Waals surface area contributed by atoms with E-state index in [-0.39, 0.29) is 6.10 Å². The summed E-state index contributed by atoms with van der Waals surface area (Å²) in [5.74, 6) is 0. The van der Waals surface area contributed by atoms with E-state index in [1.807, 2.05) is 11.3 Å². The van der Waals surface area contributed by atoms with Gasteiger partial charge in [-0.15, -0.1) is 11.3 Å². The molecule has 0 spiro atoms. The van der Waals surface area contributed by atoms with Gasteiger partial charge in [-0.3, -0.25) is 0 Å². The second-order valence-corrected chi connectivity index (χ2v) is 5.47. The van der Waals surface area contributed by atoms with Crippen LogP contribution in [0.2, 0.25) is 0 Å². The predicted octanol–water partition coefficient (Wildman–Crippen LogP) is 2.12. The van der Waals surface area contributed by atoms with Gasteiger partial charge in [-0.25, -0.2) is 0 Å². The highest BCUT2D eigenvalue weighted by atomic mass is 32.1. The molecule has 90 valence electrons. The van der Waals surface area contributed by atoms with Crippen LogP contribution in [0.1, 0.15) is 22.7 Å². The standard InChI is InChI=1S/C12H19NO2S/c1-9-3-4-12(16-9)10(2)13-7-11-8-14-5-6-15-11/h3-4,10-11,13H,5-8H2,1-2H3. The molecule has 1 saturated heterocycles. The van der Waals surface area contributed by atoms with Crippen molar-refractivity contribution in [3.05, 3.63) is 21.9 Å². The van der Waals surface area contributed by atoms with Gasteiger partial charge in [0.15, 0.2) is 0 Å². The Morgan fingerprint density at radius 1 is 1.50 bits per heavy atom. The lowest BCUT2D eigenvalue weighted by Crippen LogP contribution is -2.38. The first-order valence-corrected chi connectivity index (χ1v) is 6.56. The van der Waals surface area contributed by atoms with Crippen LogP contribution in [0.25, 0.3) is 0 Å². The second-order valence-electron chi connectivity index (χ2n) is 4.15. The van der Waals surface area contributed by atoms with Gasteiger partial charge in [-0.2, -0.15) is 0 Å². The molecule has 1 aliphatic heterocycles. The molecule has 0 aliphatic carbocycles. The number of ether oxygens (including phenoxy) is 2. The lowest BCUT2D eigenvalue weighted by Gasteiger charge is -2.24. The molecule has 2 atom stereocenters. The van der Waals surface area contributed by atoms with Gasteiger partial charge in [-0.05, 0) is 26.0 Å². The third kappa shape index (κ3) is 3.28. The number of thiophene rings is 1. The monoisotopic (exact) mass is 241 g/mol. The fourth-order valence-electron chi connectivity index (χ4n) is 1.75. The summed E-state index contributed by atoms with van der Waals surface area (Å²) < 4.78 is 10.9. The molecular formula is C12H19NO2S. The SMILES string of the molecule is Cc1ccc(C(C)NCC2COCCO2)s1. The van der Waals surface area contributed by atoms with Crippen molar-refractivity contribution in [1.29, 1.82) is 0 Å². The molecule has 3 nitrogen and oxygen atoms in total. The third-order valence-corrected chi connectivity index (χ3v) is 3.91. The summed E-state index contributed by atoms with van der Waals surface area (Å²) in [6.45, 7) is 7.35. The lowest BCUT2D eigenvalue weighted by atomic mass is 10.2. The van der Waals surface area contributed by atoms with E-state index in [1.54, 1.807) is 0 Å². The average Bonchev–Trinajstić information content (AvgIpc) is 2.74. The van der Waals surface area contributed by atoms with E-state index < -0.39 is 0 Å². The van der Waals surface area contributed by atoms with Crippen molar-refractivity contribution < 1.29 is 9.47 Å². The molecule has 0 bridgehead atoms. The molecule has 4 heteroatoms. The van der Waals surface area contributed by atoms with Gasteiger partial charge in [0, 0.05) is 22.3 Å². The number of rotatable bonds is 4. The van der Waals surface area contributed by atoms with Gasteiger partial charge < -0.3 is 14.8 Å². The number of hydrogen-bond donors (Lipinski definition) is 1. The van der Waals surface area contributed by atoms with E-state index in [1.165, 1.54) is 9.75 Å². The number of hydrogen-bond acceptors (Lipinski definition) is 4. The maximum absolute atomic E-state index is 5.59. The molecule has 2 unspecified atom stereocenters. The Hall–Kier alpha value is -0.420. The van der Waals surface area contributed by atoms with Gasteiger partial charge in [0.2, 0.25) is 0 Å². The number of aryl methyl sites for hydroxylation is 1. The maximum atomic E-state index is 5.59. The molecule has 0 radical (unpaired) electrons. The van der Waals surface area contributed by atoms with E-state index in [2.05, 4.69) is 31.3 Å². The minimum atomic E-state index is 0.206. The van der Waals surface area contributed by atoms with Gasteiger partial charge in [-0.1, -0.05) is 0 Å². The minimum absolute atomic E-state index is 0.206. The van der Waals surface area contributed by atoms with Crippen molar-refractivity contribution in [2.45, 2.75) is 26.0 Å². The number of nitrogens with one attached hydrogen (secondary N) is 1. The summed E-state index contributed by atoms with van der Waals surface area (Å²) in [5.41, 5.74) is 0. The van der Waals surface area contributed by atoms with Crippen molar-refractivity contribution in [3.63, 3.8) is 0 Å². The Labute approximate surface area is 101 Å². The Morgan fingerprint density at radius 2 is 2.38 bits per heavy atom. The summed E-state index contributed by atoms with van der Waals surface area (Å²) in [6.07, 6.45) is 0.206. The Balaban J connectivity index is 1.76. The van der Waals surface area contributed by atoms with E-state index in [4.69, 9.17) is 9.47 Å². The van der Waals surface area contributed by atoms with Crippen LogP contribution in [-0.4, -0.2) is 32.5 Å². The van der Waals surface area contributed by atoms with E-state index in [0.717, 1.165) is 19.8 Å². The van der Waals surface area contributed by atoms with E-state index in [9.17, 15) is 0 Å². The summed E-state index contributed by atoms with van der Waals surface area (Å²) in [4.78, 5) is 2.75. The first-order valence-electron chi connectivity index (χ1n) is 5.75. The Bertz CT molecular complexity index is 321. The Kier molecular flexibility index (Phi) is 4.35. The predicted molar refractivity (Wildman–Crippen MR) is 66.0 cm³/mol. The van der Waals surface area contributed by atoms with Crippen LogP contribution in [0, 0.1) is 6.92 Å². The highest BCUT2D eigenvalue weighted by Gasteiger charge is 2.15. The molecule has 1 aliphatic rings. The molecule has 0 amide bonds. The van der Waals surface area contributed by atoms with Crippen LogP contribution in [0.3, 0.4) is 0 Å². The van der Waals surface area contributed by atoms with Crippen LogP contribution in [0.5, 0.6) is 0 Å². The summed E-state index contributed by atoms with van der Waals surface area (Å²) in [6, 6.07) is 4.75. The Morgan fingerprint density at radius 3 is 3.00 bits per heavy atom. The first kappa shape index (κ1) is 12.0. The van der Waals surface area contributed by atoms with Crippen molar-refractivity contribution in [2.75, 3.05) is 26.4 Å². The normalized spacial score (nSPS) is 23.2. The van der Waals surface area contributed by atoms with E-state index >= 15 is 0 Å². The topological polar surface area (TPSA) is 30.5 Å². The van der Waals surface area contributed by atoms with Gasteiger partial charge in [0.05, 0.1) is 25.9 Å². The molecule has 1 aromatic heterocycles. The molecule has 1 N–H and O–H groups in total. The zero-order valence-electron chi connectivity index (χ0n) is 9.86. The molecule has 1 fully saturated rings. The highest BCUT2D eigenvalue weighted by Crippen LogP contribution is 2.22. The summed E-state index contributed by atoms with van der Waals surface area (Å²) in [7, 11) is 0. The highest BCUT2D eigenvalue weighted by molar-refractivity contribution is 7.12. The van der Waals surface area contributed by atoms with Crippen LogP contribution in [0.4, 0.5) is 0 Å². The fraction of sp³-hybridized carbons (Fsp3) is 0.667. The van der Waals surface area contributed by atoms with Crippen molar-refractivity contribution in [3.8, 4) is 0 Å². The smallest absolute Gasteiger partial charge is 0.0933 e. The quantitative estimate of drug-likeness (QED) is 0.876. The van der Waals surface area contributed by atoms with Gasteiger partial charge >= 0.3 is 0 Å². The maximum Gasteiger partial charge on any atom is 0.0933 e. The average molecular weight is 241 g/mol. The van der Waals surface area contributed by atoms with Gasteiger partial charge in [0.1, 0.15) is 0 Å². The molecule has 2 rings (SSSR count). The van der Waals surface area contributed by atoms with Crippen LogP contribution in [0.15, 0.2) is 12.1 Å². The largest absolute Gasteiger partial charge is 0.376 e. The van der Waals surface area contributed by atoms with E-state index in [0.29, 0.717) is 12.6 Å². The zero-order chi connectivity index (χ0) is 11.4. The molecule has 2 heterocycles. The van der Waals surface area contributed by atoms with Crippen molar-refractivity contribution in [2.24, 2.45) is 0 Å². The van der Waals surface area contributed by atoms with Gasteiger partial charge in [0.25, 0.3) is 0 Å². The second kappa shape index (κ2) is 5.77. The first-order chi connectivity index (χ1) is 7.75. The van der Waals surface area contributed by atoms with Crippen LogP contribution in [-0.2, 0) is 9.47 Å². The third-order valence-electron chi connectivity index (χ3n) is 2.72. The zero-order valence-corrected chi connectivity index (χ0v) is 10.7. The molecule has 1 aromatic rings. The van der Waals surface area contributed by atoms with Crippen molar-refractivity contribution >= 4 is 11.3 Å². The van der Waals surface area contributed by atoms with Crippen molar-refractivity contribution in [1.82, 2.24) is 5.32 Å². The lowest BCUT2D eigenvalue weighted by molar-refractivity contribution is -0.0869. The fourth-order valence-corrected chi connectivity index (χ4v) is 2.65. The minimum Gasteiger partial charge on any atom is -0.376 e. The molecule has 0 saturated carbocycles. The summed E-state index contributed by atoms with van der Waals surface area (Å²) in [5, 5.41) is 3.49. The molecule has 0 aromatic carbocycles. The molecule has 16 heavy (non-hydrogen) atoms. The van der Waals surface area contributed by atoms with Crippen LogP contribution < -0.4 is 5.32 Å². The summed E-state index contributed by atoms with van der Waals surface area (Å²) >= 11 is 1.85. The molecular weight excluding hydrogens is 222 g/mol. The van der Waals surface area contributed by atoms with Crippen LogP contribution >= 0.6 is 11.3 Å².